The van der Waals surface area contributed by atoms with Crippen molar-refractivity contribution in [3.8, 4) is 5.75 Å². The van der Waals surface area contributed by atoms with Gasteiger partial charge in [-0.25, -0.2) is 0 Å². The van der Waals surface area contributed by atoms with Crippen LogP contribution in [0.5, 0.6) is 5.75 Å². The van der Waals surface area contributed by atoms with Gasteiger partial charge in [-0.1, -0.05) is 6.07 Å². The Morgan fingerprint density at radius 2 is 2.27 bits per heavy atom. The highest BCUT2D eigenvalue weighted by Gasteiger charge is 2.08. The van der Waals surface area contributed by atoms with Crippen molar-refractivity contribution in [2.24, 2.45) is 5.73 Å². The lowest BCUT2D eigenvalue weighted by Gasteiger charge is -2.07. The number of rotatable bonds is 5. The highest BCUT2D eigenvalue weighted by molar-refractivity contribution is 7.98. The fourth-order valence-corrected chi connectivity index (χ4v) is 1.83. The minimum atomic E-state index is 0.0588. The molecule has 4 heteroatoms. The first kappa shape index (κ1) is 12.1. The number of methoxy groups -OCH3 is 1. The summed E-state index contributed by atoms with van der Waals surface area (Å²) < 4.78 is 5.20. The van der Waals surface area contributed by atoms with Gasteiger partial charge in [0.15, 0.2) is 5.78 Å². The SMILES string of the molecule is COc1cc(C(=O)CCN)ccc1SC. The minimum absolute atomic E-state index is 0.0588. The van der Waals surface area contributed by atoms with Gasteiger partial charge in [0, 0.05) is 16.9 Å². The van der Waals surface area contributed by atoms with E-state index in [4.69, 9.17) is 10.5 Å². The predicted octanol–water partition coefficient (Wildman–Crippen LogP) is 1.95. The molecule has 0 aliphatic rings. The molecule has 1 rings (SSSR count). The monoisotopic (exact) mass is 225 g/mol. The Balaban J connectivity index is 2.97. The van der Waals surface area contributed by atoms with E-state index in [0.29, 0.717) is 18.5 Å². The summed E-state index contributed by atoms with van der Waals surface area (Å²) >= 11 is 1.59. The molecule has 82 valence electrons. The molecule has 1 aromatic rings. The molecule has 3 nitrogen and oxygen atoms in total. The third-order valence-corrected chi connectivity index (χ3v) is 2.85. The van der Waals surface area contributed by atoms with E-state index in [0.717, 1.165) is 10.6 Å². The first-order valence-corrected chi connectivity index (χ1v) is 5.90. The smallest absolute Gasteiger partial charge is 0.164 e. The van der Waals surface area contributed by atoms with E-state index < -0.39 is 0 Å². The summed E-state index contributed by atoms with van der Waals surface area (Å²) in [5, 5.41) is 0. The summed E-state index contributed by atoms with van der Waals surface area (Å²) in [6.07, 6.45) is 2.35. The van der Waals surface area contributed by atoms with Gasteiger partial charge in [-0.15, -0.1) is 11.8 Å². The fourth-order valence-electron chi connectivity index (χ4n) is 1.29. The van der Waals surface area contributed by atoms with Crippen LogP contribution in [-0.2, 0) is 0 Å². The van der Waals surface area contributed by atoms with E-state index in [9.17, 15) is 4.79 Å². The molecule has 0 aliphatic heterocycles. The second kappa shape index (κ2) is 5.78. The summed E-state index contributed by atoms with van der Waals surface area (Å²) in [5.74, 6) is 0.800. The Labute approximate surface area is 94.0 Å². The van der Waals surface area contributed by atoms with Gasteiger partial charge < -0.3 is 10.5 Å². The molecule has 0 unspecified atom stereocenters. The maximum absolute atomic E-state index is 11.6. The molecular formula is C11H15NO2S. The van der Waals surface area contributed by atoms with Gasteiger partial charge in [-0.05, 0) is 24.9 Å². The van der Waals surface area contributed by atoms with Gasteiger partial charge in [0.1, 0.15) is 5.75 Å². The molecule has 1 aromatic carbocycles. The number of ketones is 1. The quantitative estimate of drug-likeness (QED) is 0.614. The Hall–Kier alpha value is -1.00. The zero-order valence-electron chi connectivity index (χ0n) is 8.95. The van der Waals surface area contributed by atoms with Crippen molar-refractivity contribution in [3.63, 3.8) is 0 Å². The van der Waals surface area contributed by atoms with Gasteiger partial charge in [-0.3, -0.25) is 4.79 Å². The van der Waals surface area contributed by atoms with Crippen molar-refractivity contribution < 1.29 is 9.53 Å². The third-order valence-electron chi connectivity index (χ3n) is 2.08. The molecule has 0 aromatic heterocycles. The number of thioether (sulfide) groups is 1. The lowest BCUT2D eigenvalue weighted by molar-refractivity contribution is 0.0985. The molecule has 0 heterocycles. The largest absolute Gasteiger partial charge is 0.496 e. The van der Waals surface area contributed by atoms with Gasteiger partial charge >= 0.3 is 0 Å². The average molecular weight is 225 g/mol. The number of hydrogen-bond donors (Lipinski definition) is 1. The van der Waals surface area contributed by atoms with E-state index in [-0.39, 0.29) is 5.78 Å². The molecular weight excluding hydrogens is 210 g/mol. The second-order valence-electron chi connectivity index (χ2n) is 3.03. The Kier molecular flexibility index (Phi) is 4.65. The average Bonchev–Trinajstić information content (AvgIpc) is 2.28. The zero-order valence-corrected chi connectivity index (χ0v) is 9.76. The molecule has 0 fully saturated rings. The first-order valence-electron chi connectivity index (χ1n) is 4.68. The molecule has 0 bridgehead atoms. The summed E-state index contributed by atoms with van der Waals surface area (Å²) in [5.41, 5.74) is 6.00. The van der Waals surface area contributed by atoms with Crippen LogP contribution in [0.1, 0.15) is 16.8 Å². The van der Waals surface area contributed by atoms with E-state index in [1.165, 1.54) is 0 Å². The predicted molar refractivity (Wildman–Crippen MR) is 62.8 cm³/mol. The van der Waals surface area contributed by atoms with Gasteiger partial charge in [0.05, 0.1) is 7.11 Å². The van der Waals surface area contributed by atoms with Gasteiger partial charge in [-0.2, -0.15) is 0 Å². The first-order chi connectivity index (χ1) is 7.22. The Morgan fingerprint density at radius 1 is 1.53 bits per heavy atom. The highest BCUT2D eigenvalue weighted by atomic mass is 32.2. The number of carbonyl (C=O) groups excluding carboxylic acids is 1. The highest BCUT2D eigenvalue weighted by Crippen LogP contribution is 2.28. The summed E-state index contributed by atoms with van der Waals surface area (Å²) in [6.45, 7) is 0.380. The molecule has 0 radical (unpaired) electrons. The number of carbonyl (C=O) groups is 1. The molecule has 0 saturated carbocycles. The van der Waals surface area contributed by atoms with Crippen LogP contribution in [0.15, 0.2) is 23.1 Å². The molecule has 0 saturated heterocycles. The third kappa shape index (κ3) is 2.97. The molecule has 0 aliphatic carbocycles. The van der Waals surface area contributed by atoms with Crippen molar-refractivity contribution in [1.29, 1.82) is 0 Å². The molecule has 2 N–H and O–H groups in total. The van der Waals surface area contributed by atoms with Crippen LogP contribution in [0, 0.1) is 0 Å². The van der Waals surface area contributed by atoms with Crippen LogP contribution in [0.25, 0.3) is 0 Å². The second-order valence-corrected chi connectivity index (χ2v) is 3.88. The van der Waals surface area contributed by atoms with Crippen LogP contribution >= 0.6 is 11.8 Å². The summed E-state index contributed by atoms with van der Waals surface area (Å²) in [7, 11) is 1.60. The van der Waals surface area contributed by atoms with Crippen molar-refractivity contribution >= 4 is 17.5 Å². The van der Waals surface area contributed by atoms with Gasteiger partial charge in [0.25, 0.3) is 0 Å². The number of nitrogens with two attached hydrogens (primary N) is 1. The van der Waals surface area contributed by atoms with E-state index in [2.05, 4.69) is 0 Å². The number of hydrogen-bond acceptors (Lipinski definition) is 4. The number of ether oxygens (including phenoxy) is 1. The van der Waals surface area contributed by atoms with Crippen LogP contribution in [0.2, 0.25) is 0 Å². The minimum Gasteiger partial charge on any atom is -0.496 e. The van der Waals surface area contributed by atoms with Crippen molar-refractivity contribution in [2.45, 2.75) is 11.3 Å². The Morgan fingerprint density at radius 3 is 2.80 bits per heavy atom. The van der Waals surface area contributed by atoms with Crippen LogP contribution < -0.4 is 10.5 Å². The van der Waals surface area contributed by atoms with Gasteiger partial charge in [0.2, 0.25) is 0 Å². The van der Waals surface area contributed by atoms with Crippen LogP contribution in [0.3, 0.4) is 0 Å². The molecule has 0 atom stereocenters. The van der Waals surface area contributed by atoms with Crippen LogP contribution in [-0.4, -0.2) is 25.7 Å². The number of Topliss-reactive ketones (excluding diaryl/α,β-unsaturated/α-hetero) is 1. The maximum Gasteiger partial charge on any atom is 0.164 e. The maximum atomic E-state index is 11.6. The lowest BCUT2D eigenvalue weighted by Crippen LogP contribution is -2.08. The van der Waals surface area contributed by atoms with Crippen molar-refractivity contribution in [2.75, 3.05) is 19.9 Å². The van der Waals surface area contributed by atoms with E-state index >= 15 is 0 Å². The summed E-state index contributed by atoms with van der Waals surface area (Å²) in [6, 6.07) is 5.48. The van der Waals surface area contributed by atoms with Crippen molar-refractivity contribution in [1.82, 2.24) is 0 Å². The van der Waals surface area contributed by atoms with Crippen LogP contribution in [0.4, 0.5) is 0 Å². The van der Waals surface area contributed by atoms with E-state index in [1.54, 1.807) is 24.9 Å². The standard InChI is InChI=1S/C11H15NO2S/c1-14-10-7-8(9(13)5-6-12)3-4-11(10)15-2/h3-4,7H,5-6,12H2,1-2H3. The zero-order chi connectivity index (χ0) is 11.3. The lowest BCUT2D eigenvalue weighted by atomic mass is 10.1. The molecule has 15 heavy (non-hydrogen) atoms. The summed E-state index contributed by atoms with van der Waals surface area (Å²) in [4.78, 5) is 12.6. The fraction of sp³-hybridized carbons (Fsp3) is 0.364. The topological polar surface area (TPSA) is 52.3 Å². The Bertz CT molecular complexity index is 352. The normalized spacial score (nSPS) is 10.1. The molecule has 0 amide bonds. The molecule has 0 spiro atoms. The number of benzene rings is 1. The van der Waals surface area contributed by atoms with Crippen molar-refractivity contribution in [3.05, 3.63) is 23.8 Å². The van der Waals surface area contributed by atoms with E-state index in [1.807, 2.05) is 18.4 Å².